The molecule has 3 nitrogen and oxygen atoms in total. The third-order valence-corrected chi connectivity index (χ3v) is 3.17. The quantitative estimate of drug-likeness (QED) is 0.829. The predicted molar refractivity (Wildman–Crippen MR) is 64.1 cm³/mol. The zero-order valence-corrected chi connectivity index (χ0v) is 9.43. The molecule has 1 aromatic rings. The molecular formula is C13H18N2O. The molecule has 1 atom stereocenters. The van der Waals surface area contributed by atoms with Gasteiger partial charge in [-0.1, -0.05) is 30.3 Å². The Hall–Kier alpha value is -1.35. The van der Waals surface area contributed by atoms with Gasteiger partial charge in [-0.2, -0.15) is 0 Å². The number of carbonyl (C=O) groups is 1. The van der Waals surface area contributed by atoms with Crippen molar-refractivity contribution in [3.63, 3.8) is 0 Å². The van der Waals surface area contributed by atoms with Gasteiger partial charge in [-0.15, -0.1) is 0 Å². The number of benzene rings is 1. The van der Waals surface area contributed by atoms with Gasteiger partial charge >= 0.3 is 0 Å². The van der Waals surface area contributed by atoms with E-state index in [1.54, 1.807) is 0 Å². The standard InChI is InChI=1S/C13H18N2O/c14-9-12(11-5-2-1-3-6-11)10-15-8-4-7-13(15)16/h1-3,5-6,12H,4,7-10,14H2. The fourth-order valence-corrected chi connectivity index (χ4v) is 2.20. The van der Waals surface area contributed by atoms with Crippen molar-refractivity contribution < 1.29 is 4.79 Å². The van der Waals surface area contributed by atoms with Crippen molar-refractivity contribution >= 4 is 5.91 Å². The number of hydrogen-bond donors (Lipinski definition) is 1. The summed E-state index contributed by atoms with van der Waals surface area (Å²) in [5, 5.41) is 0. The Morgan fingerprint density at radius 1 is 1.31 bits per heavy atom. The highest BCUT2D eigenvalue weighted by atomic mass is 16.2. The number of nitrogens with two attached hydrogens (primary N) is 1. The Bertz CT molecular complexity index is 350. The van der Waals surface area contributed by atoms with E-state index in [1.807, 2.05) is 23.1 Å². The normalized spacial score (nSPS) is 17.8. The zero-order valence-electron chi connectivity index (χ0n) is 9.43. The topological polar surface area (TPSA) is 46.3 Å². The fraction of sp³-hybridized carbons (Fsp3) is 0.462. The number of likely N-dealkylation sites (tertiary alicyclic amines) is 1. The summed E-state index contributed by atoms with van der Waals surface area (Å²) in [5.74, 6) is 0.539. The van der Waals surface area contributed by atoms with E-state index in [1.165, 1.54) is 5.56 Å². The van der Waals surface area contributed by atoms with Crippen molar-refractivity contribution in [3.05, 3.63) is 35.9 Å². The summed E-state index contributed by atoms with van der Waals surface area (Å²) in [6.07, 6.45) is 1.69. The van der Waals surface area contributed by atoms with E-state index in [-0.39, 0.29) is 11.8 Å². The van der Waals surface area contributed by atoms with Gasteiger partial charge in [0.25, 0.3) is 0 Å². The average Bonchev–Trinajstić information content (AvgIpc) is 2.73. The van der Waals surface area contributed by atoms with Crippen LogP contribution < -0.4 is 5.73 Å². The minimum Gasteiger partial charge on any atom is -0.342 e. The SMILES string of the molecule is NCC(CN1CCCC1=O)c1ccccc1. The second-order valence-electron chi connectivity index (χ2n) is 4.29. The summed E-state index contributed by atoms with van der Waals surface area (Å²) in [6.45, 7) is 2.25. The molecule has 2 N–H and O–H groups in total. The van der Waals surface area contributed by atoms with Gasteiger partial charge in [0.1, 0.15) is 0 Å². The van der Waals surface area contributed by atoms with Crippen LogP contribution >= 0.6 is 0 Å². The van der Waals surface area contributed by atoms with Crippen LogP contribution in [-0.2, 0) is 4.79 Å². The highest BCUT2D eigenvalue weighted by molar-refractivity contribution is 5.78. The smallest absolute Gasteiger partial charge is 0.222 e. The Labute approximate surface area is 96.2 Å². The van der Waals surface area contributed by atoms with E-state index in [9.17, 15) is 4.79 Å². The van der Waals surface area contributed by atoms with Crippen LogP contribution in [0.25, 0.3) is 0 Å². The van der Waals surface area contributed by atoms with E-state index < -0.39 is 0 Å². The molecule has 1 aliphatic rings. The Morgan fingerprint density at radius 2 is 2.06 bits per heavy atom. The van der Waals surface area contributed by atoms with Crippen LogP contribution in [0.4, 0.5) is 0 Å². The molecule has 2 rings (SSSR count). The number of rotatable bonds is 4. The maximum absolute atomic E-state index is 11.5. The average molecular weight is 218 g/mol. The van der Waals surface area contributed by atoms with Crippen molar-refractivity contribution in [1.29, 1.82) is 0 Å². The van der Waals surface area contributed by atoms with Crippen LogP contribution in [-0.4, -0.2) is 30.4 Å². The summed E-state index contributed by atoms with van der Waals surface area (Å²) in [5.41, 5.74) is 7.02. The lowest BCUT2D eigenvalue weighted by atomic mass is 9.99. The second-order valence-corrected chi connectivity index (χ2v) is 4.29. The lowest BCUT2D eigenvalue weighted by molar-refractivity contribution is -0.127. The van der Waals surface area contributed by atoms with Crippen molar-refractivity contribution in [1.82, 2.24) is 4.90 Å². The lowest BCUT2D eigenvalue weighted by Gasteiger charge is -2.22. The van der Waals surface area contributed by atoms with Gasteiger partial charge in [-0.05, 0) is 12.0 Å². The number of nitrogens with zero attached hydrogens (tertiary/aromatic N) is 1. The molecule has 0 aromatic heterocycles. The molecule has 1 saturated heterocycles. The maximum atomic E-state index is 11.5. The van der Waals surface area contributed by atoms with Gasteiger partial charge in [0.05, 0.1) is 0 Å². The molecule has 1 unspecified atom stereocenters. The minimum absolute atomic E-state index is 0.267. The Balaban J connectivity index is 2.03. The molecule has 86 valence electrons. The summed E-state index contributed by atoms with van der Waals surface area (Å²) in [4.78, 5) is 13.5. The number of amides is 1. The summed E-state index contributed by atoms with van der Waals surface area (Å²) >= 11 is 0. The second kappa shape index (κ2) is 5.12. The molecule has 0 radical (unpaired) electrons. The zero-order chi connectivity index (χ0) is 11.4. The van der Waals surface area contributed by atoms with E-state index in [2.05, 4.69) is 12.1 Å². The first-order valence-corrected chi connectivity index (χ1v) is 5.84. The first kappa shape index (κ1) is 11.1. The van der Waals surface area contributed by atoms with Gasteiger partial charge < -0.3 is 10.6 Å². The Morgan fingerprint density at radius 3 is 2.62 bits per heavy atom. The molecule has 1 aromatic carbocycles. The molecule has 0 aliphatic carbocycles. The highest BCUT2D eigenvalue weighted by Crippen LogP contribution is 2.19. The molecule has 3 heteroatoms. The molecule has 0 spiro atoms. The minimum atomic E-state index is 0.267. The lowest BCUT2D eigenvalue weighted by Crippen LogP contribution is -2.32. The van der Waals surface area contributed by atoms with Crippen LogP contribution in [0.3, 0.4) is 0 Å². The van der Waals surface area contributed by atoms with Gasteiger partial charge in [-0.25, -0.2) is 0 Å². The Kier molecular flexibility index (Phi) is 3.57. The van der Waals surface area contributed by atoms with Crippen LogP contribution in [0, 0.1) is 0 Å². The molecule has 1 fully saturated rings. The molecule has 1 amide bonds. The van der Waals surface area contributed by atoms with Crippen molar-refractivity contribution in [2.24, 2.45) is 5.73 Å². The number of carbonyl (C=O) groups excluding carboxylic acids is 1. The first-order valence-electron chi connectivity index (χ1n) is 5.84. The first-order chi connectivity index (χ1) is 7.81. The van der Waals surface area contributed by atoms with Crippen LogP contribution in [0.15, 0.2) is 30.3 Å². The largest absolute Gasteiger partial charge is 0.342 e. The van der Waals surface area contributed by atoms with E-state index in [4.69, 9.17) is 5.73 Å². The van der Waals surface area contributed by atoms with Gasteiger partial charge in [0.15, 0.2) is 0 Å². The summed E-state index contributed by atoms with van der Waals surface area (Å²) in [7, 11) is 0. The molecule has 0 saturated carbocycles. The fourth-order valence-electron chi connectivity index (χ4n) is 2.20. The molecule has 0 bridgehead atoms. The van der Waals surface area contributed by atoms with E-state index >= 15 is 0 Å². The molecule has 1 heterocycles. The summed E-state index contributed by atoms with van der Waals surface area (Å²) < 4.78 is 0. The van der Waals surface area contributed by atoms with Crippen molar-refractivity contribution in [2.75, 3.05) is 19.6 Å². The van der Waals surface area contributed by atoms with Crippen LogP contribution in [0.1, 0.15) is 24.3 Å². The molecular weight excluding hydrogens is 200 g/mol. The predicted octanol–water partition coefficient (Wildman–Crippen LogP) is 1.35. The monoisotopic (exact) mass is 218 g/mol. The molecule has 1 aliphatic heterocycles. The molecule has 16 heavy (non-hydrogen) atoms. The van der Waals surface area contributed by atoms with Crippen LogP contribution in [0.2, 0.25) is 0 Å². The number of hydrogen-bond acceptors (Lipinski definition) is 2. The van der Waals surface area contributed by atoms with Crippen molar-refractivity contribution in [2.45, 2.75) is 18.8 Å². The van der Waals surface area contributed by atoms with Gasteiger partial charge in [-0.3, -0.25) is 4.79 Å². The van der Waals surface area contributed by atoms with Gasteiger partial charge in [0.2, 0.25) is 5.91 Å². The summed E-state index contributed by atoms with van der Waals surface area (Å²) in [6, 6.07) is 10.2. The van der Waals surface area contributed by atoms with Crippen molar-refractivity contribution in [3.8, 4) is 0 Å². The van der Waals surface area contributed by atoms with Crippen LogP contribution in [0.5, 0.6) is 0 Å². The van der Waals surface area contributed by atoms with Gasteiger partial charge in [0, 0.05) is 32.0 Å². The highest BCUT2D eigenvalue weighted by Gasteiger charge is 2.23. The third kappa shape index (κ3) is 2.42. The maximum Gasteiger partial charge on any atom is 0.222 e. The van der Waals surface area contributed by atoms with E-state index in [0.717, 1.165) is 19.5 Å². The van der Waals surface area contributed by atoms with E-state index in [0.29, 0.717) is 13.0 Å². The third-order valence-electron chi connectivity index (χ3n) is 3.17.